The molecule has 100 valence electrons. The third-order valence-electron chi connectivity index (χ3n) is 3.15. The summed E-state index contributed by atoms with van der Waals surface area (Å²) >= 11 is 3.42. The summed E-state index contributed by atoms with van der Waals surface area (Å²) in [6.45, 7) is 1.90. The number of nitrogens with one attached hydrogen (secondary N) is 2. The topological polar surface area (TPSA) is 58.2 Å². The maximum atomic E-state index is 12.1. The van der Waals surface area contributed by atoms with Crippen molar-refractivity contribution in [2.45, 2.75) is 24.6 Å². The average Bonchev–Trinajstić information content (AvgIpc) is 2.39. The van der Waals surface area contributed by atoms with Gasteiger partial charge >= 0.3 is 0 Å². The predicted octanol–water partition coefficient (Wildman–Crippen LogP) is 1.62. The molecule has 0 aromatic heterocycles. The van der Waals surface area contributed by atoms with E-state index in [9.17, 15) is 8.42 Å². The SMILES string of the molecule is O=S(=O)(NCc1ccccc1Br)C1CCNCC1. The van der Waals surface area contributed by atoms with Crippen molar-refractivity contribution in [1.29, 1.82) is 0 Å². The molecule has 2 rings (SSSR count). The van der Waals surface area contributed by atoms with Gasteiger partial charge in [-0.05, 0) is 37.6 Å². The molecular weight excluding hydrogens is 316 g/mol. The van der Waals surface area contributed by atoms with Crippen molar-refractivity contribution < 1.29 is 8.42 Å². The molecule has 0 bridgehead atoms. The standard InChI is InChI=1S/C12H17BrN2O2S/c13-12-4-2-1-3-10(12)9-15-18(16,17)11-5-7-14-8-6-11/h1-4,11,14-15H,5-9H2. The molecule has 2 N–H and O–H groups in total. The van der Waals surface area contributed by atoms with Crippen LogP contribution in [0.15, 0.2) is 28.7 Å². The van der Waals surface area contributed by atoms with E-state index < -0.39 is 10.0 Å². The first-order valence-corrected chi connectivity index (χ1v) is 8.36. The van der Waals surface area contributed by atoms with E-state index in [1.54, 1.807) is 0 Å². The van der Waals surface area contributed by atoms with Crippen molar-refractivity contribution in [3.8, 4) is 0 Å². The lowest BCUT2D eigenvalue weighted by Gasteiger charge is -2.23. The molecule has 0 saturated carbocycles. The van der Waals surface area contributed by atoms with Crippen LogP contribution in [0, 0.1) is 0 Å². The van der Waals surface area contributed by atoms with Crippen molar-refractivity contribution in [2.75, 3.05) is 13.1 Å². The Morgan fingerprint density at radius 1 is 1.28 bits per heavy atom. The number of benzene rings is 1. The zero-order valence-corrected chi connectivity index (χ0v) is 12.4. The third-order valence-corrected chi connectivity index (χ3v) is 5.82. The van der Waals surface area contributed by atoms with Crippen LogP contribution in [-0.2, 0) is 16.6 Å². The minimum absolute atomic E-state index is 0.263. The highest BCUT2D eigenvalue weighted by Crippen LogP contribution is 2.17. The molecule has 0 radical (unpaired) electrons. The predicted molar refractivity (Wildman–Crippen MR) is 75.8 cm³/mol. The summed E-state index contributed by atoms with van der Waals surface area (Å²) in [5, 5.41) is 2.91. The zero-order valence-electron chi connectivity index (χ0n) is 10.0. The molecule has 6 heteroatoms. The van der Waals surface area contributed by atoms with Crippen molar-refractivity contribution in [2.24, 2.45) is 0 Å². The minimum Gasteiger partial charge on any atom is -0.317 e. The highest BCUT2D eigenvalue weighted by Gasteiger charge is 2.26. The Bertz CT molecular complexity index is 499. The van der Waals surface area contributed by atoms with E-state index in [0.717, 1.165) is 23.1 Å². The van der Waals surface area contributed by atoms with E-state index in [4.69, 9.17) is 0 Å². The fourth-order valence-electron chi connectivity index (χ4n) is 2.04. The quantitative estimate of drug-likeness (QED) is 0.880. The van der Waals surface area contributed by atoms with Gasteiger partial charge in [-0.1, -0.05) is 34.1 Å². The fourth-order valence-corrected chi connectivity index (χ4v) is 3.92. The van der Waals surface area contributed by atoms with Gasteiger partial charge in [0.05, 0.1) is 5.25 Å². The van der Waals surface area contributed by atoms with E-state index in [1.807, 2.05) is 24.3 Å². The average molecular weight is 333 g/mol. The van der Waals surface area contributed by atoms with Gasteiger partial charge in [-0.2, -0.15) is 0 Å². The number of sulfonamides is 1. The third kappa shape index (κ3) is 3.54. The largest absolute Gasteiger partial charge is 0.317 e. The normalized spacial score (nSPS) is 17.8. The Morgan fingerprint density at radius 2 is 1.94 bits per heavy atom. The number of hydrogen-bond donors (Lipinski definition) is 2. The monoisotopic (exact) mass is 332 g/mol. The van der Waals surface area contributed by atoms with E-state index in [-0.39, 0.29) is 5.25 Å². The van der Waals surface area contributed by atoms with Crippen molar-refractivity contribution in [3.63, 3.8) is 0 Å². The molecule has 0 atom stereocenters. The second-order valence-corrected chi connectivity index (χ2v) is 7.31. The molecule has 0 spiro atoms. The molecule has 1 aliphatic heterocycles. The zero-order chi connectivity index (χ0) is 13.0. The molecule has 0 amide bonds. The molecule has 1 aromatic rings. The fraction of sp³-hybridized carbons (Fsp3) is 0.500. The number of halogens is 1. The van der Waals surface area contributed by atoms with Crippen LogP contribution in [0.3, 0.4) is 0 Å². The summed E-state index contributed by atoms with van der Waals surface area (Å²) in [4.78, 5) is 0. The van der Waals surface area contributed by atoms with Crippen LogP contribution < -0.4 is 10.0 Å². The molecular formula is C12H17BrN2O2S. The van der Waals surface area contributed by atoms with Gasteiger partial charge < -0.3 is 5.32 Å². The van der Waals surface area contributed by atoms with Crippen molar-refractivity contribution in [1.82, 2.24) is 10.0 Å². The first-order valence-electron chi connectivity index (χ1n) is 6.02. The molecule has 1 saturated heterocycles. The van der Waals surface area contributed by atoms with Gasteiger partial charge in [0, 0.05) is 11.0 Å². The number of rotatable bonds is 4. The first-order chi connectivity index (χ1) is 8.59. The molecule has 0 unspecified atom stereocenters. The maximum Gasteiger partial charge on any atom is 0.214 e. The van der Waals surface area contributed by atoms with Crippen LogP contribution in [0.4, 0.5) is 0 Å². The molecule has 1 heterocycles. The molecule has 4 nitrogen and oxygen atoms in total. The van der Waals surface area contributed by atoms with Crippen molar-refractivity contribution >= 4 is 26.0 Å². The molecule has 1 aliphatic rings. The van der Waals surface area contributed by atoms with Gasteiger partial charge in [-0.3, -0.25) is 0 Å². The summed E-state index contributed by atoms with van der Waals surface area (Å²) in [6, 6.07) is 7.64. The lowest BCUT2D eigenvalue weighted by atomic mass is 10.2. The minimum atomic E-state index is -3.21. The van der Waals surface area contributed by atoms with Crippen LogP contribution in [0.25, 0.3) is 0 Å². The lowest BCUT2D eigenvalue weighted by molar-refractivity contribution is 0.489. The highest BCUT2D eigenvalue weighted by atomic mass is 79.9. The summed E-state index contributed by atoms with van der Waals surface area (Å²) < 4.78 is 27.9. The van der Waals surface area contributed by atoms with Crippen LogP contribution in [0.1, 0.15) is 18.4 Å². The number of hydrogen-bond acceptors (Lipinski definition) is 3. The van der Waals surface area contributed by atoms with Gasteiger partial charge in [0.25, 0.3) is 0 Å². The molecule has 1 aromatic carbocycles. The Morgan fingerprint density at radius 3 is 2.61 bits per heavy atom. The van der Waals surface area contributed by atoms with Gasteiger partial charge in [0.2, 0.25) is 10.0 Å². The van der Waals surface area contributed by atoms with E-state index in [0.29, 0.717) is 19.4 Å². The Labute approximate surface area is 116 Å². The highest BCUT2D eigenvalue weighted by molar-refractivity contribution is 9.10. The Kier molecular flexibility index (Phi) is 4.77. The van der Waals surface area contributed by atoms with Crippen LogP contribution in [0.2, 0.25) is 0 Å². The summed E-state index contributed by atoms with van der Waals surface area (Å²) in [5.74, 6) is 0. The second-order valence-electron chi connectivity index (χ2n) is 4.41. The van der Waals surface area contributed by atoms with Crippen LogP contribution >= 0.6 is 15.9 Å². The molecule has 0 aliphatic carbocycles. The lowest BCUT2D eigenvalue weighted by Crippen LogP contribution is -2.41. The maximum absolute atomic E-state index is 12.1. The van der Waals surface area contributed by atoms with Crippen molar-refractivity contribution in [3.05, 3.63) is 34.3 Å². The summed E-state index contributed by atoms with van der Waals surface area (Å²) in [7, 11) is -3.21. The smallest absolute Gasteiger partial charge is 0.214 e. The summed E-state index contributed by atoms with van der Waals surface area (Å²) in [5.41, 5.74) is 0.954. The van der Waals surface area contributed by atoms with Gasteiger partial charge in [0.1, 0.15) is 0 Å². The Hall–Kier alpha value is -0.430. The van der Waals surface area contributed by atoms with Gasteiger partial charge in [-0.15, -0.1) is 0 Å². The molecule has 1 fully saturated rings. The van der Waals surface area contributed by atoms with E-state index >= 15 is 0 Å². The Balaban J connectivity index is 1.98. The molecule has 18 heavy (non-hydrogen) atoms. The summed E-state index contributed by atoms with van der Waals surface area (Å²) in [6.07, 6.45) is 1.37. The van der Waals surface area contributed by atoms with E-state index in [2.05, 4.69) is 26.0 Å². The van der Waals surface area contributed by atoms with Gasteiger partial charge in [-0.25, -0.2) is 13.1 Å². The number of piperidine rings is 1. The second kappa shape index (κ2) is 6.14. The van der Waals surface area contributed by atoms with Crippen LogP contribution in [-0.4, -0.2) is 26.8 Å². The van der Waals surface area contributed by atoms with Gasteiger partial charge in [0.15, 0.2) is 0 Å². The first kappa shape index (κ1) is 14.0. The van der Waals surface area contributed by atoms with Crippen LogP contribution in [0.5, 0.6) is 0 Å². The van der Waals surface area contributed by atoms with E-state index in [1.165, 1.54) is 0 Å².